The van der Waals surface area contributed by atoms with E-state index in [1.165, 1.54) is 51.4 Å². The number of allylic oxidation sites excluding steroid dienone is 8. The third-order valence-electron chi connectivity index (χ3n) is 2.75. The number of hydrogen-bond donors (Lipinski definition) is 0. The molecule has 0 aromatic rings. The van der Waals surface area contributed by atoms with E-state index in [-0.39, 0.29) is 16.8 Å². The predicted octanol–water partition coefficient (Wildman–Crippen LogP) is 5.34. The van der Waals surface area contributed by atoms with Crippen LogP contribution in [0.25, 0.3) is 0 Å². The largest absolute Gasteiger partial charge is 0.0845 e. The molecule has 0 bridgehead atoms. The maximum atomic E-state index is 2.23. The smallest absolute Gasteiger partial charge is 0 e. The van der Waals surface area contributed by atoms with Crippen LogP contribution in [0.15, 0.2) is 48.6 Å². The Morgan fingerprint density at radius 3 is 0.882 bits per heavy atom. The summed E-state index contributed by atoms with van der Waals surface area (Å²) in [7, 11) is 0. The molecule has 0 atom stereocenters. The van der Waals surface area contributed by atoms with Gasteiger partial charge in [0.05, 0.1) is 0 Å². The zero-order valence-electron chi connectivity index (χ0n) is 10.6. The predicted molar refractivity (Wildman–Crippen MR) is 73.5 cm³/mol. The quantitative estimate of drug-likeness (QED) is 0.559. The Balaban J connectivity index is 0.000000284. The van der Waals surface area contributed by atoms with Crippen LogP contribution >= 0.6 is 0 Å². The van der Waals surface area contributed by atoms with Crippen molar-refractivity contribution in [1.82, 2.24) is 0 Å². The average molecular weight is 275 g/mol. The molecule has 0 nitrogen and oxygen atoms in total. The Kier molecular flexibility index (Phi) is 13.1. The SMILES string of the molecule is C1=C\CCCC\C=C/1.C1=C\CCCC\C=C/1.[Co]. The van der Waals surface area contributed by atoms with Gasteiger partial charge in [-0.25, -0.2) is 0 Å². The molecule has 0 saturated carbocycles. The van der Waals surface area contributed by atoms with E-state index in [4.69, 9.17) is 0 Å². The van der Waals surface area contributed by atoms with Crippen molar-refractivity contribution in [3.63, 3.8) is 0 Å². The van der Waals surface area contributed by atoms with Gasteiger partial charge in [0.1, 0.15) is 0 Å². The van der Waals surface area contributed by atoms with Crippen molar-refractivity contribution in [3.8, 4) is 0 Å². The van der Waals surface area contributed by atoms with Crippen LogP contribution in [0.1, 0.15) is 51.4 Å². The fourth-order valence-corrected chi connectivity index (χ4v) is 1.75. The van der Waals surface area contributed by atoms with Crippen LogP contribution in [0.5, 0.6) is 0 Å². The molecule has 1 heteroatoms. The Morgan fingerprint density at radius 2 is 0.647 bits per heavy atom. The summed E-state index contributed by atoms with van der Waals surface area (Å²) in [6.07, 6.45) is 28.0. The van der Waals surface area contributed by atoms with Gasteiger partial charge >= 0.3 is 0 Å². The molecule has 0 spiro atoms. The first-order valence-corrected chi connectivity index (χ1v) is 6.63. The molecule has 2 aliphatic carbocycles. The van der Waals surface area contributed by atoms with E-state index in [2.05, 4.69) is 48.6 Å². The van der Waals surface area contributed by atoms with E-state index in [9.17, 15) is 0 Å². The molecule has 0 aromatic heterocycles. The van der Waals surface area contributed by atoms with Crippen molar-refractivity contribution >= 4 is 0 Å². The topological polar surface area (TPSA) is 0 Å². The van der Waals surface area contributed by atoms with Crippen molar-refractivity contribution in [2.45, 2.75) is 51.4 Å². The first-order valence-electron chi connectivity index (χ1n) is 6.63. The van der Waals surface area contributed by atoms with Gasteiger partial charge in [-0.1, -0.05) is 48.6 Å². The molecule has 0 aliphatic heterocycles. The van der Waals surface area contributed by atoms with E-state index >= 15 is 0 Å². The van der Waals surface area contributed by atoms with Crippen LogP contribution < -0.4 is 0 Å². The van der Waals surface area contributed by atoms with Crippen LogP contribution in [-0.2, 0) is 16.8 Å². The standard InChI is InChI=1S/2C8H12.Co/c2*1-2-4-6-8-7-5-3-1;/h2*1-4H,5-8H2;/b2*3-1-,4-2-;. The second-order valence-corrected chi connectivity index (χ2v) is 4.28. The van der Waals surface area contributed by atoms with Gasteiger partial charge in [0, 0.05) is 16.8 Å². The second kappa shape index (κ2) is 13.5. The molecule has 0 saturated heterocycles. The van der Waals surface area contributed by atoms with Crippen molar-refractivity contribution < 1.29 is 16.8 Å². The summed E-state index contributed by atoms with van der Waals surface area (Å²) in [5, 5.41) is 0. The van der Waals surface area contributed by atoms with Gasteiger partial charge in [0.25, 0.3) is 0 Å². The van der Waals surface area contributed by atoms with Crippen LogP contribution in [-0.4, -0.2) is 0 Å². The zero-order chi connectivity index (χ0) is 11.3. The Bertz CT molecular complexity index is 203. The molecule has 2 rings (SSSR count). The summed E-state index contributed by atoms with van der Waals surface area (Å²) in [5.41, 5.74) is 0. The third kappa shape index (κ3) is 11.7. The molecular formula is C16H24Co. The summed E-state index contributed by atoms with van der Waals surface area (Å²) in [4.78, 5) is 0. The van der Waals surface area contributed by atoms with E-state index in [1.807, 2.05) is 0 Å². The van der Waals surface area contributed by atoms with Crippen molar-refractivity contribution in [2.75, 3.05) is 0 Å². The summed E-state index contributed by atoms with van der Waals surface area (Å²) in [6, 6.07) is 0. The van der Waals surface area contributed by atoms with Crippen LogP contribution in [0.3, 0.4) is 0 Å². The van der Waals surface area contributed by atoms with Crippen LogP contribution in [0, 0.1) is 0 Å². The zero-order valence-corrected chi connectivity index (χ0v) is 11.7. The van der Waals surface area contributed by atoms with E-state index in [0.29, 0.717) is 0 Å². The van der Waals surface area contributed by atoms with Crippen LogP contribution in [0.4, 0.5) is 0 Å². The fourth-order valence-electron chi connectivity index (χ4n) is 1.75. The van der Waals surface area contributed by atoms with Gasteiger partial charge in [0.2, 0.25) is 0 Å². The molecule has 0 aromatic carbocycles. The second-order valence-electron chi connectivity index (χ2n) is 4.28. The van der Waals surface area contributed by atoms with E-state index in [0.717, 1.165) is 0 Å². The van der Waals surface area contributed by atoms with Gasteiger partial charge in [-0.3, -0.25) is 0 Å². The minimum absolute atomic E-state index is 0. The third-order valence-corrected chi connectivity index (χ3v) is 2.75. The summed E-state index contributed by atoms with van der Waals surface area (Å²) >= 11 is 0. The fraction of sp³-hybridized carbons (Fsp3) is 0.500. The molecule has 97 valence electrons. The van der Waals surface area contributed by atoms with Crippen molar-refractivity contribution in [3.05, 3.63) is 48.6 Å². The molecule has 1 radical (unpaired) electrons. The van der Waals surface area contributed by atoms with Crippen LogP contribution in [0.2, 0.25) is 0 Å². The Hall–Kier alpha value is -0.534. The monoisotopic (exact) mass is 275 g/mol. The van der Waals surface area contributed by atoms with Crippen molar-refractivity contribution in [1.29, 1.82) is 0 Å². The molecule has 2 aliphatic rings. The minimum Gasteiger partial charge on any atom is -0.0845 e. The van der Waals surface area contributed by atoms with Gasteiger partial charge in [-0.05, 0) is 51.4 Å². The maximum absolute atomic E-state index is 2.23. The molecule has 0 fully saturated rings. The molecule has 0 N–H and O–H groups in total. The van der Waals surface area contributed by atoms with E-state index < -0.39 is 0 Å². The maximum Gasteiger partial charge on any atom is 0 e. The van der Waals surface area contributed by atoms with Gasteiger partial charge in [0.15, 0.2) is 0 Å². The van der Waals surface area contributed by atoms with Crippen molar-refractivity contribution in [2.24, 2.45) is 0 Å². The first kappa shape index (κ1) is 16.5. The molecule has 0 unspecified atom stereocenters. The van der Waals surface area contributed by atoms with Gasteiger partial charge in [-0.15, -0.1) is 0 Å². The number of hydrogen-bond acceptors (Lipinski definition) is 0. The van der Waals surface area contributed by atoms with Gasteiger partial charge < -0.3 is 0 Å². The molecule has 0 heterocycles. The summed E-state index contributed by atoms with van der Waals surface area (Å²) < 4.78 is 0. The Labute approximate surface area is 117 Å². The Morgan fingerprint density at radius 1 is 0.412 bits per heavy atom. The normalized spacial score (nSPS) is 26.4. The molecule has 0 amide bonds. The summed E-state index contributed by atoms with van der Waals surface area (Å²) in [5.74, 6) is 0. The van der Waals surface area contributed by atoms with Gasteiger partial charge in [-0.2, -0.15) is 0 Å². The average Bonchev–Trinajstić information content (AvgIpc) is 2.15. The summed E-state index contributed by atoms with van der Waals surface area (Å²) in [6.45, 7) is 0. The van der Waals surface area contributed by atoms with E-state index in [1.54, 1.807) is 0 Å². The first-order chi connectivity index (χ1) is 8.00. The molecular weight excluding hydrogens is 251 g/mol. The molecule has 17 heavy (non-hydrogen) atoms. The minimum atomic E-state index is 0. The number of rotatable bonds is 0.